The summed E-state index contributed by atoms with van der Waals surface area (Å²) in [7, 11) is -1.94. The number of sulfonamides is 1. The highest BCUT2D eigenvalue weighted by Crippen LogP contribution is 2.27. The normalized spacial score (nSPS) is 16.6. The SMILES string of the molecule is CSCC[C@H](N)C(=O)Nc1cccc(S(=O)(=O)N(C)C2CCCCC2)c1.Cl. The molecule has 0 radical (unpaired) electrons. The maximum absolute atomic E-state index is 12.9. The summed E-state index contributed by atoms with van der Waals surface area (Å²) in [6, 6.07) is 5.84. The number of carbonyl (C=O) groups is 1. The topological polar surface area (TPSA) is 92.5 Å². The Bertz CT molecular complexity index is 710. The van der Waals surface area contributed by atoms with Gasteiger partial charge in [0, 0.05) is 18.8 Å². The zero-order valence-electron chi connectivity index (χ0n) is 15.9. The molecule has 6 nitrogen and oxygen atoms in total. The third-order valence-electron chi connectivity index (χ3n) is 4.84. The molecule has 0 unspecified atom stereocenters. The van der Waals surface area contributed by atoms with Gasteiger partial charge in [0.15, 0.2) is 0 Å². The zero-order valence-corrected chi connectivity index (χ0v) is 18.3. The quantitative estimate of drug-likeness (QED) is 0.654. The Morgan fingerprint density at radius 2 is 2.00 bits per heavy atom. The highest BCUT2D eigenvalue weighted by Gasteiger charge is 2.29. The largest absolute Gasteiger partial charge is 0.325 e. The molecule has 154 valence electrons. The maximum Gasteiger partial charge on any atom is 0.243 e. The highest BCUT2D eigenvalue weighted by atomic mass is 35.5. The van der Waals surface area contributed by atoms with E-state index in [4.69, 9.17) is 5.73 Å². The number of nitrogens with zero attached hydrogens (tertiary/aromatic N) is 1. The third-order valence-corrected chi connectivity index (χ3v) is 7.39. The number of hydrogen-bond donors (Lipinski definition) is 2. The number of rotatable bonds is 8. The van der Waals surface area contributed by atoms with Crippen molar-refractivity contribution < 1.29 is 13.2 Å². The second kappa shape index (κ2) is 11.3. The van der Waals surface area contributed by atoms with Gasteiger partial charge in [-0.15, -0.1) is 12.4 Å². The fourth-order valence-corrected chi connectivity index (χ4v) is 5.10. The van der Waals surface area contributed by atoms with Crippen molar-refractivity contribution in [3.05, 3.63) is 24.3 Å². The molecule has 1 amide bonds. The second-order valence-electron chi connectivity index (χ2n) is 6.72. The van der Waals surface area contributed by atoms with Crippen LogP contribution in [0.3, 0.4) is 0 Å². The van der Waals surface area contributed by atoms with Crippen molar-refractivity contribution in [2.24, 2.45) is 5.73 Å². The molecule has 1 aliphatic rings. The highest BCUT2D eigenvalue weighted by molar-refractivity contribution is 7.98. The molecule has 9 heteroatoms. The van der Waals surface area contributed by atoms with Crippen LogP contribution in [0, 0.1) is 0 Å². The van der Waals surface area contributed by atoms with Crippen LogP contribution in [0.5, 0.6) is 0 Å². The van der Waals surface area contributed by atoms with E-state index < -0.39 is 16.1 Å². The molecule has 1 aromatic carbocycles. The molecule has 0 bridgehead atoms. The number of anilines is 1. The molecule has 1 atom stereocenters. The molecule has 1 fully saturated rings. The first kappa shape index (κ1) is 24.2. The van der Waals surface area contributed by atoms with Crippen molar-refractivity contribution >= 4 is 45.8 Å². The van der Waals surface area contributed by atoms with Crippen molar-refractivity contribution in [2.75, 3.05) is 24.4 Å². The van der Waals surface area contributed by atoms with Gasteiger partial charge >= 0.3 is 0 Å². The molecule has 1 saturated carbocycles. The van der Waals surface area contributed by atoms with Gasteiger partial charge in [-0.2, -0.15) is 16.1 Å². The summed E-state index contributed by atoms with van der Waals surface area (Å²) in [6.07, 6.45) is 7.63. The van der Waals surface area contributed by atoms with Crippen LogP contribution in [0.4, 0.5) is 5.69 Å². The Labute approximate surface area is 173 Å². The van der Waals surface area contributed by atoms with Gasteiger partial charge in [-0.05, 0) is 49.5 Å². The molecule has 0 saturated heterocycles. The van der Waals surface area contributed by atoms with E-state index in [0.29, 0.717) is 12.1 Å². The van der Waals surface area contributed by atoms with E-state index in [0.717, 1.165) is 31.4 Å². The fraction of sp³-hybridized carbons (Fsp3) is 0.611. The molecule has 0 aromatic heterocycles. The molecule has 0 heterocycles. The maximum atomic E-state index is 12.9. The van der Waals surface area contributed by atoms with Gasteiger partial charge in [-0.1, -0.05) is 25.3 Å². The third kappa shape index (κ3) is 6.64. The van der Waals surface area contributed by atoms with Crippen molar-refractivity contribution in [1.29, 1.82) is 0 Å². The van der Waals surface area contributed by atoms with Gasteiger partial charge in [-0.25, -0.2) is 8.42 Å². The Balaban J connectivity index is 0.00000364. The van der Waals surface area contributed by atoms with Crippen LogP contribution in [0.1, 0.15) is 38.5 Å². The molecule has 3 N–H and O–H groups in total. The summed E-state index contributed by atoms with van der Waals surface area (Å²) >= 11 is 1.63. The Morgan fingerprint density at radius 1 is 1.33 bits per heavy atom. The van der Waals surface area contributed by atoms with E-state index in [1.54, 1.807) is 37.0 Å². The van der Waals surface area contributed by atoms with Gasteiger partial charge in [0.2, 0.25) is 15.9 Å². The fourth-order valence-electron chi connectivity index (χ4n) is 3.15. The van der Waals surface area contributed by atoms with Gasteiger partial charge in [-0.3, -0.25) is 4.79 Å². The van der Waals surface area contributed by atoms with Crippen LogP contribution in [0.15, 0.2) is 29.2 Å². The predicted molar refractivity (Wildman–Crippen MR) is 115 cm³/mol. The van der Waals surface area contributed by atoms with Gasteiger partial charge in [0.05, 0.1) is 10.9 Å². The lowest BCUT2D eigenvalue weighted by atomic mass is 9.96. The van der Waals surface area contributed by atoms with Crippen LogP contribution < -0.4 is 11.1 Å². The summed E-state index contributed by atoms with van der Waals surface area (Å²) in [5, 5.41) is 2.73. The molecular weight excluding hydrogens is 406 g/mol. The molecule has 1 aliphatic carbocycles. The number of halogens is 1. The van der Waals surface area contributed by atoms with Gasteiger partial charge in [0.25, 0.3) is 0 Å². The lowest BCUT2D eigenvalue weighted by Gasteiger charge is -2.30. The minimum absolute atomic E-state index is 0. The summed E-state index contributed by atoms with van der Waals surface area (Å²) in [5.41, 5.74) is 6.32. The summed E-state index contributed by atoms with van der Waals surface area (Å²) in [6.45, 7) is 0. The van der Waals surface area contributed by atoms with Crippen molar-refractivity contribution in [3.63, 3.8) is 0 Å². The van der Waals surface area contributed by atoms with E-state index in [1.807, 2.05) is 6.26 Å². The van der Waals surface area contributed by atoms with E-state index in [2.05, 4.69) is 5.32 Å². The number of thioether (sulfide) groups is 1. The van der Waals surface area contributed by atoms with Crippen LogP contribution in [-0.2, 0) is 14.8 Å². The first-order valence-corrected chi connectivity index (χ1v) is 11.8. The summed E-state index contributed by atoms with van der Waals surface area (Å²) < 4.78 is 27.3. The number of hydrogen-bond acceptors (Lipinski definition) is 5. The van der Waals surface area contributed by atoms with Crippen LogP contribution in [-0.4, -0.2) is 49.8 Å². The van der Waals surface area contributed by atoms with Crippen LogP contribution in [0.2, 0.25) is 0 Å². The van der Waals surface area contributed by atoms with E-state index in [-0.39, 0.29) is 29.3 Å². The minimum atomic E-state index is -3.58. The van der Waals surface area contributed by atoms with Crippen molar-refractivity contribution in [3.8, 4) is 0 Å². The predicted octanol–water partition coefficient (Wildman–Crippen LogP) is 3.08. The Kier molecular flexibility index (Phi) is 10.1. The molecule has 0 spiro atoms. The Hall–Kier alpha value is -0.800. The number of nitrogens with two attached hydrogens (primary N) is 1. The van der Waals surface area contributed by atoms with Gasteiger partial charge < -0.3 is 11.1 Å². The average Bonchev–Trinajstić information content (AvgIpc) is 2.66. The molecule has 27 heavy (non-hydrogen) atoms. The van der Waals surface area contributed by atoms with E-state index >= 15 is 0 Å². The van der Waals surface area contributed by atoms with Crippen molar-refractivity contribution in [1.82, 2.24) is 4.31 Å². The molecule has 0 aliphatic heterocycles. The van der Waals surface area contributed by atoms with E-state index in [9.17, 15) is 13.2 Å². The second-order valence-corrected chi connectivity index (χ2v) is 9.70. The van der Waals surface area contributed by atoms with E-state index in [1.165, 1.54) is 16.8 Å². The van der Waals surface area contributed by atoms with Crippen molar-refractivity contribution in [2.45, 2.75) is 55.5 Å². The van der Waals surface area contributed by atoms with Crippen LogP contribution in [0.25, 0.3) is 0 Å². The summed E-state index contributed by atoms with van der Waals surface area (Å²) in [4.78, 5) is 12.4. The minimum Gasteiger partial charge on any atom is -0.325 e. The molecule has 2 rings (SSSR count). The monoisotopic (exact) mass is 435 g/mol. The first-order chi connectivity index (χ1) is 12.4. The lowest BCUT2D eigenvalue weighted by molar-refractivity contribution is -0.117. The zero-order chi connectivity index (χ0) is 19.2. The number of nitrogens with one attached hydrogen (secondary N) is 1. The molecule has 1 aromatic rings. The number of benzene rings is 1. The summed E-state index contributed by atoms with van der Waals surface area (Å²) in [5.74, 6) is 0.504. The lowest BCUT2D eigenvalue weighted by Crippen LogP contribution is -2.38. The Morgan fingerprint density at radius 3 is 2.63 bits per heavy atom. The average molecular weight is 436 g/mol. The molecular formula is C18H30ClN3O3S2. The standard InChI is InChI=1S/C18H29N3O3S2.ClH/c1-21(15-8-4-3-5-9-15)26(23,24)16-10-6-7-14(13-16)20-18(22)17(19)11-12-25-2;/h6-7,10,13,15,17H,3-5,8-9,11-12,19H2,1-2H3,(H,20,22);1H/t17-;/m0./s1. The first-order valence-electron chi connectivity index (χ1n) is 8.99. The smallest absolute Gasteiger partial charge is 0.243 e. The number of carbonyl (C=O) groups excluding carboxylic acids is 1. The van der Waals surface area contributed by atoms with Gasteiger partial charge in [0.1, 0.15) is 0 Å². The number of amides is 1. The van der Waals surface area contributed by atoms with Crippen LogP contribution >= 0.6 is 24.2 Å².